The molecule has 1 rings (SSSR count). The summed E-state index contributed by atoms with van der Waals surface area (Å²) in [6.07, 6.45) is 0. The van der Waals surface area contributed by atoms with Gasteiger partial charge in [-0.3, -0.25) is 14.5 Å². The number of carbonyl (C=O) groups is 3. The van der Waals surface area contributed by atoms with Crippen LogP contribution in [0.25, 0.3) is 0 Å². The second kappa shape index (κ2) is 7.63. The molecule has 0 aromatic rings. The Balaban J connectivity index is 0. The zero-order valence-corrected chi connectivity index (χ0v) is 9.94. The standard InChI is InChI=1S/C5H8N2O2.C4H8O2.H2O/c1-6-3-4(8)7(2)5(6)9;1-3-6-4(2)5;/h3H2,1-2H3;3H2,1-2H3;1H2. The van der Waals surface area contributed by atoms with Crippen molar-refractivity contribution in [1.29, 1.82) is 0 Å². The summed E-state index contributed by atoms with van der Waals surface area (Å²) < 4.78 is 4.40. The smallest absolute Gasteiger partial charge is 0.326 e. The van der Waals surface area contributed by atoms with Crippen LogP contribution in [0.5, 0.6) is 0 Å². The predicted octanol–water partition coefficient (Wildman–Crippen LogP) is -0.745. The first-order valence-corrected chi connectivity index (χ1v) is 4.55. The van der Waals surface area contributed by atoms with Crippen LogP contribution in [0.2, 0.25) is 0 Å². The van der Waals surface area contributed by atoms with E-state index < -0.39 is 0 Å². The third-order valence-corrected chi connectivity index (χ3v) is 1.71. The number of esters is 1. The lowest BCUT2D eigenvalue weighted by molar-refractivity contribution is -0.140. The number of imide groups is 1. The number of urea groups is 1. The highest BCUT2D eigenvalue weighted by atomic mass is 16.5. The fourth-order valence-electron chi connectivity index (χ4n) is 0.943. The molecule has 1 heterocycles. The molecular weight excluding hydrogens is 216 g/mol. The minimum Gasteiger partial charge on any atom is -0.466 e. The van der Waals surface area contributed by atoms with Crippen LogP contribution in [0.15, 0.2) is 0 Å². The summed E-state index contributed by atoms with van der Waals surface area (Å²) in [6.45, 7) is 3.87. The fourth-order valence-corrected chi connectivity index (χ4v) is 0.943. The van der Waals surface area contributed by atoms with Crippen molar-refractivity contribution >= 4 is 17.9 Å². The van der Waals surface area contributed by atoms with Crippen molar-refractivity contribution < 1.29 is 24.6 Å². The second-order valence-electron chi connectivity index (χ2n) is 3.02. The minimum atomic E-state index is -0.222. The summed E-state index contributed by atoms with van der Waals surface area (Å²) in [5, 5.41) is 0. The Hall–Kier alpha value is -1.63. The highest BCUT2D eigenvalue weighted by molar-refractivity contribution is 6.01. The largest absolute Gasteiger partial charge is 0.466 e. The number of amides is 3. The van der Waals surface area contributed by atoms with E-state index >= 15 is 0 Å². The maximum absolute atomic E-state index is 10.7. The third kappa shape index (κ3) is 5.30. The summed E-state index contributed by atoms with van der Waals surface area (Å²) in [5.74, 6) is -0.347. The highest BCUT2D eigenvalue weighted by Crippen LogP contribution is 2.02. The number of carbonyl (C=O) groups excluding carboxylic acids is 3. The average Bonchev–Trinajstić information content (AvgIpc) is 2.34. The lowest BCUT2D eigenvalue weighted by Crippen LogP contribution is -2.27. The normalized spacial score (nSPS) is 14.0. The van der Waals surface area contributed by atoms with E-state index in [1.807, 2.05) is 0 Å². The third-order valence-electron chi connectivity index (χ3n) is 1.71. The van der Waals surface area contributed by atoms with Gasteiger partial charge in [0.2, 0.25) is 5.91 Å². The zero-order chi connectivity index (χ0) is 12.0. The number of ether oxygens (including phenoxy) is 1. The summed E-state index contributed by atoms with van der Waals surface area (Å²) in [6, 6.07) is -0.222. The Bertz CT molecular complexity index is 267. The molecule has 0 spiro atoms. The summed E-state index contributed by atoms with van der Waals surface area (Å²) in [4.78, 5) is 33.7. The van der Waals surface area contributed by atoms with Crippen LogP contribution in [0, 0.1) is 0 Å². The van der Waals surface area contributed by atoms with Crippen LogP contribution in [-0.4, -0.2) is 60.4 Å². The zero-order valence-electron chi connectivity index (χ0n) is 9.94. The van der Waals surface area contributed by atoms with E-state index in [0.717, 1.165) is 4.90 Å². The van der Waals surface area contributed by atoms with Gasteiger partial charge in [0, 0.05) is 21.0 Å². The molecule has 94 valence electrons. The molecule has 1 aliphatic heterocycles. The molecule has 7 heteroatoms. The molecule has 0 radical (unpaired) electrons. The molecule has 1 fully saturated rings. The first-order valence-electron chi connectivity index (χ1n) is 4.55. The number of hydrogen-bond donors (Lipinski definition) is 0. The van der Waals surface area contributed by atoms with E-state index in [2.05, 4.69) is 4.74 Å². The van der Waals surface area contributed by atoms with E-state index in [1.165, 1.54) is 18.9 Å². The van der Waals surface area contributed by atoms with Gasteiger partial charge < -0.3 is 15.1 Å². The molecule has 0 bridgehead atoms. The van der Waals surface area contributed by atoms with Gasteiger partial charge in [0.25, 0.3) is 0 Å². The quantitative estimate of drug-likeness (QED) is 0.440. The van der Waals surface area contributed by atoms with E-state index in [-0.39, 0.29) is 29.9 Å². The Morgan fingerprint density at radius 1 is 1.38 bits per heavy atom. The van der Waals surface area contributed by atoms with Gasteiger partial charge in [0.1, 0.15) is 6.54 Å². The van der Waals surface area contributed by atoms with E-state index in [0.29, 0.717) is 6.61 Å². The lowest BCUT2D eigenvalue weighted by Gasteiger charge is -2.05. The first-order chi connectivity index (χ1) is 6.90. The highest BCUT2D eigenvalue weighted by Gasteiger charge is 2.29. The van der Waals surface area contributed by atoms with Crippen molar-refractivity contribution in [3.63, 3.8) is 0 Å². The van der Waals surface area contributed by atoms with Gasteiger partial charge in [-0.15, -0.1) is 0 Å². The van der Waals surface area contributed by atoms with Crippen LogP contribution >= 0.6 is 0 Å². The SMILES string of the molecule is CCOC(C)=O.CN1CC(=O)N(C)C1=O.O. The van der Waals surface area contributed by atoms with Gasteiger partial charge in [-0.1, -0.05) is 0 Å². The molecule has 0 saturated carbocycles. The predicted molar refractivity (Wildman–Crippen MR) is 56.7 cm³/mol. The molecular formula is C9H18N2O5. The molecule has 3 amide bonds. The molecule has 7 nitrogen and oxygen atoms in total. The van der Waals surface area contributed by atoms with Gasteiger partial charge in [-0.05, 0) is 6.92 Å². The van der Waals surface area contributed by atoms with Crippen LogP contribution in [0.1, 0.15) is 13.8 Å². The minimum absolute atomic E-state index is 0. The van der Waals surface area contributed by atoms with Gasteiger partial charge >= 0.3 is 12.0 Å². The van der Waals surface area contributed by atoms with Crippen molar-refractivity contribution in [2.75, 3.05) is 27.2 Å². The molecule has 0 atom stereocenters. The first kappa shape index (κ1) is 16.8. The molecule has 0 aromatic heterocycles. The van der Waals surface area contributed by atoms with Crippen molar-refractivity contribution in [3.05, 3.63) is 0 Å². The molecule has 1 saturated heterocycles. The van der Waals surface area contributed by atoms with Crippen LogP contribution in [0.4, 0.5) is 4.79 Å². The molecule has 0 aliphatic carbocycles. The summed E-state index contributed by atoms with van der Waals surface area (Å²) >= 11 is 0. The monoisotopic (exact) mass is 234 g/mol. The van der Waals surface area contributed by atoms with E-state index in [9.17, 15) is 14.4 Å². The molecule has 1 aliphatic rings. The van der Waals surface area contributed by atoms with Crippen molar-refractivity contribution in [2.45, 2.75) is 13.8 Å². The number of rotatable bonds is 1. The number of nitrogens with zero attached hydrogens (tertiary/aromatic N) is 2. The maximum atomic E-state index is 10.7. The number of hydrogen-bond acceptors (Lipinski definition) is 4. The van der Waals surface area contributed by atoms with Gasteiger partial charge in [0.05, 0.1) is 6.61 Å². The Kier molecular flexibility index (Phi) is 8.01. The summed E-state index contributed by atoms with van der Waals surface area (Å²) in [7, 11) is 3.08. The van der Waals surface area contributed by atoms with Gasteiger partial charge in [-0.25, -0.2) is 4.79 Å². The second-order valence-corrected chi connectivity index (χ2v) is 3.02. The molecule has 0 aromatic carbocycles. The van der Waals surface area contributed by atoms with E-state index in [4.69, 9.17) is 0 Å². The van der Waals surface area contributed by atoms with Crippen LogP contribution < -0.4 is 0 Å². The Morgan fingerprint density at radius 3 is 1.94 bits per heavy atom. The number of likely N-dealkylation sites (N-methyl/N-ethyl adjacent to an activating group) is 2. The molecule has 16 heavy (non-hydrogen) atoms. The summed E-state index contributed by atoms with van der Waals surface area (Å²) in [5.41, 5.74) is 0. The maximum Gasteiger partial charge on any atom is 0.326 e. The molecule has 0 unspecified atom stereocenters. The Labute approximate surface area is 94.3 Å². The van der Waals surface area contributed by atoms with Gasteiger partial charge in [-0.2, -0.15) is 0 Å². The van der Waals surface area contributed by atoms with Crippen molar-refractivity contribution in [1.82, 2.24) is 9.80 Å². The lowest BCUT2D eigenvalue weighted by atomic mass is 10.6. The molecule has 2 N–H and O–H groups in total. The Morgan fingerprint density at radius 2 is 1.88 bits per heavy atom. The van der Waals surface area contributed by atoms with E-state index in [1.54, 1.807) is 14.0 Å². The van der Waals surface area contributed by atoms with Crippen LogP contribution in [0.3, 0.4) is 0 Å². The average molecular weight is 234 g/mol. The van der Waals surface area contributed by atoms with Gasteiger partial charge in [0.15, 0.2) is 0 Å². The topological polar surface area (TPSA) is 98.4 Å². The van der Waals surface area contributed by atoms with Crippen molar-refractivity contribution in [3.8, 4) is 0 Å². The van der Waals surface area contributed by atoms with Crippen molar-refractivity contribution in [2.24, 2.45) is 0 Å². The fraction of sp³-hybridized carbons (Fsp3) is 0.667. The van der Waals surface area contributed by atoms with Crippen LogP contribution in [-0.2, 0) is 14.3 Å².